The zero-order valence-corrected chi connectivity index (χ0v) is 13.4. The lowest BCUT2D eigenvalue weighted by atomic mass is 10.2. The molecule has 116 valence electrons. The number of hydrogen-bond donors (Lipinski definition) is 1. The third-order valence-corrected chi connectivity index (χ3v) is 4.88. The van der Waals surface area contributed by atoms with Gasteiger partial charge in [0.25, 0.3) is 5.69 Å². The third kappa shape index (κ3) is 4.22. The van der Waals surface area contributed by atoms with Gasteiger partial charge in [-0.1, -0.05) is 18.2 Å². The Morgan fingerprint density at radius 3 is 2.36 bits per heavy atom. The Kier molecular flexibility index (Phi) is 5.04. The molecule has 0 saturated carbocycles. The Morgan fingerprint density at radius 2 is 1.77 bits per heavy atom. The van der Waals surface area contributed by atoms with Crippen LogP contribution >= 0.6 is 11.8 Å². The number of thioether (sulfide) groups is 1. The van der Waals surface area contributed by atoms with Gasteiger partial charge in [0.1, 0.15) is 5.75 Å². The van der Waals surface area contributed by atoms with Crippen molar-refractivity contribution in [2.24, 2.45) is 0 Å². The molecule has 0 aliphatic heterocycles. The second-order valence-electron chi connectivity index (χ2n) is 4.48. The van der Waals surface area contributed by atoms with Gasteiger partial charge in [-0.3, -0.25) is 14.8 Å². The molecule has 0 bridgehead atoms. The summed E-state index contributed by atoms with van der Waals surface area (Å²) in [5.74, 6) is -0.450. The van der Waals surface area contributed by atoms with Crippen LogP contribution in [0.1, 0.15) is 5.56 Å². The van der Waals surface area contributed by atoms with E-state index >= 15 is 0 Å². The maximum Gasteiger partial charge on any atom is 0.273 e. The summed E-state index contributed by atoms with van der Waals surface area (Å²) < 4.78 is 26.7. The highest BCUT2D eigenvalue weighted by Crippen LogP contribution is 2.22. The van der Waals surface area contributed by atoms with Crippen LogP contribution in [0.15, 0.2) is 53.4 Å². The molecule has 0 atom stereocenters. The van der Waals surface area contributed by atoms with E-state index in [9.17, 15) is 18.5 Å². The van der Waals surface area contributed by atoms with Crippen molar-refractivity contribution in [2.75, 3.05) is 11.0 Å². The first-order chi connectivity index (χ1) is 10.4. The summed E-state index contributed by atoms with van der Waals surface area (Å²) in [6, 6.07) is 12.7. The van der Waals surface area contributed by atoms with Crippen LogP contribution in [-0.2, 0) is 15.8 Å². The fraction of sp³-hybridized carbons (Fsp3) is 0.143. The maximum absolute atomic E-state index is 12.2. The van der Waals surface area contributed by atoms with Crippen molar-refractivity contribution in [1.29, 1.82) is 0 Å². The molecule has 0 aliphatic rings. The van der Waals surface area contributed by atoms with E-state index in [2.05, 4.69) is 4.72 Å². The molecule has 8 heteroatoms. The van der Waals surface area contributed by atoms with Gasteiger partial charge in [-0.25, -0.2) is 8.42 Å². The van der Waals surface area contributed by atoms with Crippen molar-refractivity contribution >= 4 is 33.2 Å². The molecule has 0 saturated heterocycles. The van der Waals surface area contributed by atoms with Crippen molar-refractivity contribution in [2.45, 2.75) is 10.6 Å². The summed E-state index contributed by atoms with van der Waals surface area (Å²) in [5, 5.41) is 10.9. The molecular formula is C14H14N2O4S2. The van der Waals surface area contributed by atoms with E-state index < -0.39 is 20.7 Å². The molecule has 0 radical (unpaired) electrons. The normalized spacial score (nSPS) is 11.1. The topological polar surface area (TPSA) is 89.3 Å². The van der Waals surface area contributed by atoms with Gasteiger partial charge in [0.15, 0.2) is 0 Å². The molecule has 0 amide bonds. The van der Waals surface area contributed by atoms with Gasteiger partial charge in [-0.15, -0.1) is 11.8 Å². The van der Waals surface area contributed by atoms with Crippen LogP contribution < -0.4 is 4.72 Å². The molecule has 0 fully saturated rings. The smallest absolute Gasteiger partial charge is 0.273 e. The summed E-state index contributed by atoms with van der Waals surface area (Å²) in [6.07, 6.45) is 1.92. The number of benzene rings is 2. The molecule has 0 aromatic heterocycles. The molecule has 2 aromatic carbocycles. The molecule has 6 nitrogen and oxygen atoms in total. The highest BCUT2D eigenvalue weighted by atomic mass is 32.2. The Morgan fingerprint density at radius 1 is 1.14 bits per heavy atom. The second kappa shape index (κ2) is 6.80. The number of nitrogens with zero attached hydrogens (tertiary/aromatic N) is 1. The van der Waals surface area contributed by atoms with Gasteiger partial charge < -0.3 is 0 Å². The van der Waals surface area contributed by atoms with Gasteiger partial charge in [0.2, 0.25) is 10.0 Å². The van der Waals surface area contributed by atoms with Crippen LogP contribution in [-0.4, -0.2) is 19.6 Å². The lowest BCUT2D eigenvalue weighted by Gasteiger charge is -2.09. The minimum absolute atomic E-state index is 0.153. The molecule has 0 heterocycles. The molecule has 0 spiro atoms. The number of hydrogen-bond acceptors (Lipinski definition) is 5. The fourth-order valence-corrected chi connectivity index (χ4v) is 3.52. The van der Waals surface area contributed by atoms with Crippen LogP contribution in [0.4, 0.5) is 11.4 Å². The SMILES string of the molecule is CSc1ccc(NS(=O)(=O)Cc2ccccc2[N+](=O)[O-])cc1. The van der Waals surface area contributed by atoms with Crippen molar-refractivity contribution in [3.8, 4) is 0 Å². The van der Waals surface area contributed by atoms with Gasteiger partial charge in [0.05, 0.1) is 4.92 Å². The van der Waals surface area contributed by atoms with E-state index in [1.54, 1.807) is 42.1 Å². The zero-order chi connectivity index (χ0) is 16.2. The van der Waals surface area contributed by atoms with E-state index in [0.29, 0.717) is 5.69 Å². The average molecular weight is 338 g/mol. The Labute approximate surface area is 132 Å². The highest BCUT2D eigenvalue weighted by Gasteiger charge is 2.19. The van der Waals surface area contributed by atoms with Gasteiger partial charge in [0, 0.05) is 22.2 Å². The summed E-state index contributed by atoms with van der Waals surface area (Å²) in [5.41, 5.74) is 0.378. The van der Waals surface area contributed by atoms with Crippen molar-refractivity contribution in [1.82, 2.24) is 0 Å². The summed E-state index contributed by atoms with van der Waals surface area (Å²) in [7, 11) is -3.72. The predicted octanol–water partition coefficient (Wildman–Crippen LogP) is 3.26. The highest BCUT2D eigenvalue weighted by molar-refractivity contribution is 7.98. The third-order valence-electron chi connectivity index (χ3n) is 2.90. The van der Waals surface area contributed by atoms with Crippen molar-refractivity contribution in [3.05, 3.63) is 64.2 Å². The van der Waals surface area contributed by atoms with Crippen LogP contribution in [0.5, 0.6) is 0 Å². The molecule has 1 N–H and O–H groups in total. The number of nitrogens with one attached hydrogen (secondary N) is 1. The number of para-hydroxylation sites is 1. The summed E-state index contributed by atoms with van der Waals surface area (Å²) >= 11 is 1.55. The van der Waals surface area contributed by atoms with Crippen LogP contribution in [0.2, 0.25) is 0 Å². The van der Waals surface area contributed by atoms with E-state index in [1.807, 2.05) is 6.26 Å². The first-order valence-corrected chi connectivity index (χ1v) is 9.16. The molecule has 2 aromatic rings. The molecule has 22 heavy (non-hydrogen) atoms. The minimum atomic E-state index is -3.72. The van der Waals surface area contributed by atoms with Crippen LogP contribution in [0, 0.1) is 10.1 Å². The zero-order valence-electron chi connectivity index (χ0n) is 11.7. The number of sulfonamides is 1. The second-order valence-corrected chi connectivity index (χ2v) is 7.08. The number of anilines is 1. The summed E-state index contributed by atoms with van der Waals surface area (Å²) in [4.78, 5) is 11.4. The van der Waals surface area contributed by atoms with Crippen LogP contribution in [0.3, 0.4) is 0 Å². The van der Waals surface area contributed by atoms with E-state index in [1.165, 1.54) is 18.2 Å². The number of rotatable bonds is 6. The monoisotopic (exact) mass is 338 g/mol. The molecule has 0 aliphatic carbocycles. The van der Waals surface area contributed by atoms with E-state index in [0.717, 1.165) is 4.90 Å². The predicted molar refractivity (Wildman–Crippen MR) is 87.6 cm³/mol. The van der Waals surface area contributed by atoms with E-state index in [4.69, 9.17) is 0 Å². The van der Waals surface area contributed by atoms with Crippen molar-refractivity contribution < 1.29 is 13.3 Å². The van der Waals surface area contributed by atoms with Gasteiger partial charge in [-0.05, 0) is 30.5 Å². The first-order valence-electron chi connectivity index (χ1n) is 6.28. The molecule has 2 rings (SSSR count). The average Bonchev–Trinajstić information content (AvgIpc) is 2.47. The quantitative estimate of drug-likeness (QED) is 0.496. The van der Waals surface area contributed by atoms with Gasteiger partial charge >= 0.3 is 0 Å². The number of nitro groups is 1. The fourth-order valence-electron chi connectivity index (χ4n) is 1.89. The lowest BCUT2D eigenvalue weighted by Crippen LogP contribution is -2.15. The minimum Gasteiger partial charge on any atom is -0.283 e. The largest absolute Gasteiger partial charge is 0.283 e. The van der Waals surface area contributed by atoms with Gasteiger partial charge in [-0.2, -0.15) is 0 Å². The standard InChI is InChI=1S/C14H14N2O4S2/c1-21-13-8-6-12(7-9-13)15-22(19,20)10-11-4-2-3-5-14(11)16(17)18/h2-9,15H,10H2,1H3. The maximum atomic E-state index is 12.2. The Bertz CT molecular complexity index is 774. The van der Waals surface area contributed by atoms with E-state index in [-0.39, 0.29) is 11.3 Å². The van der Waals surface area contributed by atoms with Crippen LogP contribution in [0.25, 0.3) is 0 Å². The number of nitro benzene ring substituents is 1. The van der Waals surface area contributed by atoms with Crippen molar-refractivity contribution in [3.63, 3.8) is 0 Å². The Balaban J connectivity index is 2.19. The lowest BCUT2D eigenvalue weighted by molar-refractivity contribution is -0.385. The molecular weight excluding hydrogens is 324 g/mol. The summed E-state index contributed by atoms with van der Waals surface area (Å²) in [6.45, 7) is 0. The molecule has 0 unspecified atom stereocenters. The Hall–Kier alpha value is -2.06. The first kappa shape index (κ1) is 16.3.